The second kappa shape index (κ2) is 10.5. The van der Waals surface area contributed by atoms with E-state index in [4.69, 9.17) is 0 Å². The number of carboxylic acid groups (broad SMARTS) is 2. The van der Waals surface area contributed by atoms with E-state index < -0.39 is 17.4 Å². The molecule has 0 radical (unpaired) electrons. The molecule has 0 heterocycles. The number of carbonyl (C=O) groups is 2. The Bertz CT molecular complexity index is 761. The lowest BCUT2D eigenvalue weighted by atomic mass is 9.96. The van der Waals surface area contributed by atoms with Gasteiger partial charge < -0.3 is 15.3 Å². The molecule has 0 atom stereocenters. The van der Waals surface area contributed by atoms with Crippen molar-refractivity contribution in [1.29, 1.82) is 0 Å². The van der Waals surface area contributed by atoms with Gasteiger partial charge in [0, 0.05) is 0 Å². The molecule has 0 amide bonds. The minimum Gasteiger partial charge on any atom is -0.508 e. The van der Waals surface area contributed by atoms with E-state index in [2.05, 4.69) is 6.07 Å². The standard InChI is InChI=1S/C26H38O5/c27-22-12-11-20(9-5-1-3-7-13-25(15-16-25)23(28)29)19-21(22)10-6-2-4-8-14-26(17-18-26)24(30)31/h11-12,19,27H,1-10,13-18H2,(H,28,29)(H,30,31). The Hall–Kier alpha value is -2.04. The molecule has 31 heavy (non-hydrogen) atoms. The first-order chi connectivity index (χ1) is 14.9. The SMILES string of the molecule is O=C(O)C1(CCCCCCc2ccc(O)c(CCCCCCC3(C(=O)O)CC3)c2)CC1. The van der Waals surface area contributed by atoms with Gasteiger partial charge in [0.05, 0.1) is 10.8 Å². The average molecular weight is 431 g/mol. The highest BCUT2D eigenvalue weighted by Crippen LogP contribution is 2.50. The number of phenols is 1. The Morgan fingerprint density at radius 1 is 0.710 bits per heavy atom. The molecular weight excluding hydrogens is 392 g/mol. The fourth-order valence-corrected chi connectivity index (χ4v) is 4.72. The number of aromatic hydroxyl groups is 1. The number of unbranched alkanes of at least 4 members (excludes halogenated alkanes) is 6. The van der Waals surface area contributed by atoms with Crippen LogP contribution in [0.3, 0.4) is 0 Å². The van der Waals surface area contributed by atoms with Gasteiger partial charge >= 0.3 is 11.9 Å². The molecule has 172 valence electrons. The van der Waals surface area contributed by atoms with Gasteiger partial charge in [0.2, 0.25) is 0 Å². The molecule has 0 saturated heterocycles. The van der Waals surface area contributed by atoms with Crippen molar-refractivity contribution < 1.29 is 24.9 Å². The van der Waals surface area contributed by atoms with E-state index in [0.717, 1.165) is 108 Å². The third kappa shape index (κ3) is 6.72. The van der Waals surface area contributed by atoms with Crippen LogP contribution < -0.4 is 0 Å². The molecule has 2 fully saturated rings. The van der Waals surface area contributed by atoms with Gasteiger partial charge in [-0.3, -0.25) is 9.59 Å². The van der Waals surface area contributed by atoms with Crippen LogP contribution >= 0.6 is 0 Å². The summed E-state index contributed by atoms with van der Waals surface area (Å²) >= 11 is 0. The van der Waals surface area contributed by atoms with E-state index in [-0.39, 0.29) is 5.41 Å². The molecule has 1 aromatic rings. The van der Waals surface area contributed by atoms with Crippen LogP contribution in [-0.4, -0.2) is 27.3 Å². The zero-order valence-corrected chi connectivity index (χ0v) is 18.7. The molecule has 0 spiro atoms. The largest absolute Gasteiger partial charge is 0.508 e. The van der Waals surface area contributed by atoms with Crippen molar-refractivity contribution >= 4 is 11.9 Å². The number of carboxylic acids is 2. The van der Waals surface area contributed by atoms with Crippen molar-refractivity contribution in [2.45, 2.75) is 103 Å². The van der Waals surface area contributed by atoms with Crippen LogP contribution in [-0.2, 0) is 22.4 Å². The summed E-state index contributed by atoms with van der Waals surface area (Å²) in [5.74, 6) is -0.868. The molecule has 3 N–H and O–H groups in total. The van der Waals surface area contributed by atoms with Gasteiger partial charge in [0.15, 0.2) is 0 Å². The lowest BCUT2D eigenvalue weighted by Gasteiger charge is -2.10. The van der Waals surface area contributed by atoms with Crippen molar-refractivity contribution in [3.05, 3.63) is 29.3 Å². The highest BCUT2D eigenvalue weighted by Gasteiger charge is 2.49. The number of benzene rings is 1. The normalized spacial score (nSPS) is 17.9. The first kappa shape index (κ1) is 23.6. The van der Waals surface area contributed by atoms with Gasteiger partial charge in [0.1, 0.15) is 5.75 Å². The lowest BCUT2D eigenvalue weighted by Crippen LogP contribution is -2.14. The Morgan fingerprint density at radius 2 is 1.19 bits per heavy atom. The number of aryl methyl sites for hydroxylation is 2. The monoisotopic (exact) mass is 430 g/mol. The Kier molecular flexibility index (Phi) is 8.01. The van der Waals surface area contributed by atoms with Crippen LogP contribution in [0.5, 0.6) is 5.75 Å². The third-order valence-corrected chi connectivity index (χ3v) is 7.48. The summed E-state index contributed by atoms with van der Waals surface area (Å²) in [6.45, 7) is 0. The smallest absolute Gasteiger partial charge is 0.309 e. The van der Waals surface area contributed by atoms with Gasteiger partial charge in [-0.2, -0.15) is 0 Å². The molecule has 1 aromatic carbocycles. The van der Waals surface area contributed by atoms with Crippen molar-refractivity contribution in [2.75, 3.05) is 0 Å². The highest BCUT2D eigenvalue weighted by atomic mass is 16.4. The maximum absolute atomic E-state index is 11.2. The van der Waals surface area contributed by atoms with E-state index >= 15 is 0 Å². The van der Waals surface area contributed by atoms with Crippen LogP contribution in [0.1, 0.15) is 101 Å². The molecule has 2 saturated carbocycles. The second-order valence-electron chi connectivity index (χ2n) is 9.96. The van der Waals surface area contributed by atoms with Gasteiger partial charge in [-0.1, -0.05) is 50.7 Å². The lowest BCUT2D eigenvalue weighted by molar-refractivity contribution is -0.144. The van der Waals surface area contributed by atoms with Crippen molar-refractivity contribution in [3.63, 3.8) is 0 Å². The average Bonchev–Trinajstić information content (AvgIpc) is 3.65. The van der Waals surface area contributed by atoms with Crippen molar-refractivity contribution in [2.24, 2.45) is 10.8 Å². The maximum Gasteiger partial charge on any atom is 0.309 e. The number of phenolic OH excluding ortho intramolecular Hbond substituents is 1. The summed E-state index contributed by atoms with van der Waals surface area (Å²) in [5, 5.41) is 28.6. The first-order valence-corrected chi connectivity index (χ1v) is 12.1. The predicted octanol–water partition coefficient (Wildman–Crippen LogP) is 6.11. The molecule has 0 unspecified atom stereocenters. The Balaban J connectivity index is 1.28. The summed E-state index contributed by atoms with van der Waals surface area (Å²) in [7, 11) is 0. The molecule has 5 heteroatoms. The summed E-state index contributed by atoms with van der Waals surface area (Å²) in [6, 6.07) is 5.93. The quantitative estimate of drug-likeness (QED) is 0.275. The Morgan fingerprint density at radius 3 is 1.68 bits per heavy atom. The van der Waals surface area contributed by atoms with Crippen LogP contribution in [0.25, 0.3) is 0 Å². The summed E-state index contributed by atoms with van der Waals surface area (Å²) < 4.78 is 0. The zero-order chi connectivity index (χ0) is 22.3. The topological polar surface area (TPSA) is 94.8 Å². The molecule has 0 aromatic heterocycles. The number of aliphatic carboxylic acids is 2. The van der Waals surface area contributed by atoms with E-state index in [1.54, 1.807) is 6.07 Å². The molecule has 0 aliphatic heterocycles. The highest BCUT2D eigenvalue weighted by molar-refractivity contribution is 5.78. The molecule has 3 rings (SSSR count). The molecule has 2 aliphatic rings. The van der Waals surface area contributed by atoms with Crippen LogP contribution in [0.4, 0.5) is 0 Å². The summed E-state index contributed by atoms with van der Waals surface area (Å²) in [6.07, 6.45) is 15.3. The fraction of sp³-hybridized carbons (Fsp3) is 0.692. The Labute approximate surface area is 185 Å². The number of rotatable bonds is 16. The minimum absolute atomic E-state index is 0.370. The van der Waals surface area contributed by atoms with Crippen LogP contribution in [0.15, 0.2) is 18.2 Å². The van der Waals surface area contributed by atoms with Crippen LogP contribution in [0, 0.1) is 10.8 Å². The van der Waals surface area contributed by atoms with Gasteiger partial charge in [0.25, 0.3) is 0 Å². The maximum atomic E-state index is 11.2. The molecule has 0 bridgehead atoms. The predicted molar refractivity (Wildman–Crippen MR) is 120 cm³/mol. The number of hydrogen-bond acceptors (Lipinski definition) is 3. The molecule has 2 aliphatic carbocycles. The van der Waals surface area contributed by atoms with E-state index in [9.17, 15) is 24.9 Å². The summed E-state index contributed by atoms with van der Waals surface area (Å²) in [4.78, 5) is 22.4. The first-order valence-electron chi connectivity index (χ1n) is 12.1. The van der Waals surface area contributed by atoms with E-state index in [0.29, 0.717) is 5.75 Å². The minimum atomic E-state index is -0.624. The fourth-order valence-electron chi connectivity index (χ4n) is 4.72. The van der Waals surface area contributed by atoms with Gasteiger partial charge in [-0.25, -0.2) is 0 Å². The van der Waals surface area contributed by atoms with E-state index in [1.807, 2.05) is 6.07 Å². The molecular formula is C26H38O5. The number of hydrogen-bond donors (Lipinski definition) is 3. The zero-order valence-electron chi connectivity index (χ0n) is 18.7. The van der Waals surface area contributed by atoms with Crippen LogP contribution in [0.2, 0.25) is 0 Å². The van der Waals surface area contributed by atoms with Crippen molar-refractivity contribution in [3.8, 4) is 5.75 Å². The second-order valence-corrected chi connectivity index (χ2v) is 9.96. The van der Waals surface area contributed by atoms with Crippen molar-refractivity contribution in [1.82, 2.24) is 0 Å². The van der Waals surface area contributed by atoms with Gasteiger partial charge in [-0.15, -0.1) is 0 Å². The molecule has 5 nitrogen and oxygen atoms in total. The van der Waals surface area contributed by atoms with Gasteiger partial charge in [-0.05, 0) is 81.4 Å². The summed E-state index contributed by atoms with van der Waals surface area (Å²) in [5.41, 5.74) is 1.48. The third-order valence-electron chi connectivity index (χ3n) is 7.48. The van der Waals surface area contributed by atoms with E-state index in [1.165, 1.54) is 5.56 Å².